The van der Waals surface area contributed by atoms with Crippen LogP contribution < -0.4 is 9.64 Å². The van der Waals surface area contributed by atoms with Gasteiger partial charge in [0.05, 0.1) is 25.3 Å². The highest BCUT2D eigenvalue weighted by Gasteiger charge is 2.16. The third kappa shape index (κ3) is 5.31. The lowest BCUT2D eigenvalue weighted by molar-refractivity contribution is -0.129. The molecule has 2 aromatic heterocycles. The molecule has 7 nitrogen and oxygen atoms in total. The Labute approximate surface area is 177 Å². The van der Waals surface area contributed by atoms with Crippen molar-refractivity contribution < 1.29 is 9.53 Å². The van der Waals surface area contributed by atoms with Gasteiger partial charge in [-0.25, -0.2) is 9.97 Å². The molecule has 3 rings (SSSR count). The maximum Gasteiger partial charge on any atom is 0.227 e. The van der Waals surface area contributed by atoms with Gasteiger partial charge in [-0.05, 0) is 42.3 Å². The Balaban J connectivity index is 1.78. The van der Waals surface area contributed by atoms with E-state index < -0.39 is 0 Å². The summed E-state index contributed by atoms with van der Waals surface area (Å²) in [6.45, 7) is 2.95. The number of carbonyl (C=O) groups excluding carboxylic acids is 1. The van der Waals surface area contributed by atoms with Gasteiger partial charge in [-0.2, -0.15) is 0 Å². The zero-order valence-corrected chi connectivity index (χ0v) is 17.9. The number of likely N-dealkylation sites (N-methyl/N-ethyl adjacent to an activating group) is 1. The molecule has 0 aliphatic rings. The van der Waals surface area contributed by atoms with E-state index in [9.17, 15) is 4.79 Å². The highest BCUT2D eigenvalue weighted by atomic mass is 16.5. The molecule has 0 fully saturated rings. The van der Waals surface area contributed by atoms with Crippen molar-refractivity contribution in [2.45, 2.75) is 19.9 Å². The SMILES string of the molecule is CCOc1ccc(CC(=O)N(C)Cc2nc(N(C)C)ncc2-c2ccncc2)cc1. The lowest BCUT2D eigenvalue weighted by atomic mass is 10.1. The van der Waals surface area contributed by atoms with Crippen molar-refractivity contribution in [3.63, 3.8) is 0 Å². The van der Waals surface area contributed by atoms with Crippen LogP contribution in [0.25, 0.3) is 11.1 Å². The minimum absolute atomic E-state index is 0.0184. The first-order valence-corrected chi connectivity index (χ1v) is 9.87. The second-order valence-corrected chi connectivity index (χ2v) is 7.16. The van der Waals surface area contributed by atoms with E-state index in [1.807, 2.05) is 62.3 Å². The monoisotopic (exact) mass is 405 g/mol. The fraction of sp³-hybridized carbons (Fsp3) is 0.304. The minimum atomic E-state index is 0.0184. The van der Waals surface area contributed by atoms with Crippen molar-refractivity contribution in [2.75, 3.05) is 32.6 Å². The Bertz CT molecular complexity index is 975. The zero-order chi connectivity index (χ0) is 21.5. The number of pyridine rings is 1. The Hall–Kier alpha value is -3.48. The number of carbonyl (C=O) groups is 1. The molecular formula is C23H27N5O2. The molecule has 0 saturated carbocycles. The van der Waals surface area contributed by atoms with Crippen LogP contribution in [0.2, 0.25) is 0 Å². The van der Waals surface area contributed by atoms with Crippen LogP contribution in [0.15, 0.2) is 55.0 Å². The first kappa shape index (κ1) is 21.2. The average Bonchev–Trinajstić information content (AvgIpc) is 2.75. The zero-order valence-electron chi connectivity index (χ0n) is 17.9. The highest BCUT2D eigenvalue weighted by Crippen LogP contribution is 2.24. The number of hydrogen-bond donors (Lipinski definition) is 0. The van der Waals surface area contributed by atoms with Crippen molar-refractivity contribution in [1.82, 2.24) is 19.9 Å². The Morgan fingerprint density at radius 3 is 2.37 bits per heavy atom. The molecule has 0 atom stereocenters. The summed E-state index contributed by atoms with van der Waals surface area (Å²) in [7, 11) is 5.59. The van der Waals surface area contributed by atoms with E-state index in [0.717, 1.165) is 28.1 Å². The molecule has 0 bridgehead atoms. The van der Waals surface area contributed by atoms with Crippen molar-refractivity contribution in [2.24, 2.45) is 0 Å². The molecule has 0 unspecified atom stereocenters. The van der Waals surface area contributed by atoms with Gasteiger partial charge < -0.3 is 14.5 Å². The summed E-state index contributed by atoms with van der Waals surface area (Å²) in [6.07, 6.45) is 5.59. The summed E-state index contributed by atoms with van der Waals surface area (Å²) in [6, 6.07) is 11.5. The summed E-state index contributed by atoms with van der Waals surface area (Å²) < 4.78 is 5.46. The largest absolute Gasteiger partial charge is 0.494 e. The summed E-state index contributed by atoms with van der Waals surface area (Å²) in [5.41, 5.74) is 3.60. The highest BCUT2D eigenvalue weighted by molar-refractivity contribution is 5.79. The van der Waals surface area contributed by atoms with Crippen LogP contribution >= 0.6 is 0 Å². The molecule has 0 saturated heterocycles. The van der Waals surface area contributed by atoms with Crippen LogP contribution in [0.3, 0.4) is 0 Å². The van der Waals surface area contributed by atoms with Crippen molar-refractivity contribution >= 4 is 11.9 Å². The van der Waals surface area contributed by atoms with Crippen LogP contribution in [0.1, 0.15) is 18.2 Å². The first-order valence-electron chi connectivity index (χ1n) is 9.87. The Morgan fingerprint density at radius 1 is 1.03 bits per heavy atom. The van der Waals surface area contributed by atoms with Crippen LogP contribution in [-0.2, 0) is 17.8 Å². The number of rotatable bonds is 8. The normalized spacial score (nSPS) is 10.5. The first-order chi connectivity index (χ1) is 14.5. The van der Waals surface area contributed by atoms with E-state index in [1.54, 1.807) is 30.5 Å². The molecule has 30 heavy (non-hydrogen) atoms. The summed E-state index contributed by atoms with van der Waals surface area (Å²) in [5.74, 6) is 1.43. The molecular weight excluding hydrogens is 378 g/mol. The summed E-state index contributed by atoms with van der Waals surface area (Å²) >= 11 is 0. The fourth-order valence-corrected chi connectivity index (χ4v) is 3.01. The second-order valence-electron chi connectivity index (χ2n) is 7.16. The number of hydrogen-bond acceptors (Lipinski definition) is 6. The molecule has 0 N–H and O–H groups in total. The maximum absolute atomic E-state index is 12.8. The van der Waals surface area contributed by atoms with E-state index in [-0.39, 0.29) is 5.91 Å². The number of amides is 1. The van der Waals surface area contributed by atoms with Gasteiger partial charge in [0.15, 0.2) is 0 Å². The Morgan fingerprint density at radius 2 is 1.73 bits per heavy atom. The van der Waals surface area contributed by atoms with Gasteiger partial charge in [-0.1, -0.05) is 12.1 Å². The number of aromatic nitrogens is 3. The van der Waals surface area contributed by atoms with E-state index >= 15 is 0 Å². The second kappa shape index (κ2) is 9.82. The quantitative estimate of drug-likeness (QED) is 0.573. The van der Waals surface area contributed by atoms with Crippen LogP contribution in [0.5, 0.6) is 5.75 Å². The van der Waals surface area contributed by atoms with Gasteiger partial charge in [0.25, 0.3) is 0 Å². The molecule has 2 heterocycles. The number of anilines is 1. The van der Waals surface area contributed by atoms with Gasteiger partial charge in [-0.3, -0.25) is 9.78 Å². The number of ether oxygens (including phenoxy) is 1. The van der Waals surface area contributed by atoms with Crippen molar-refractivity contribution in [1.29, 1.82) is 0 Å². The predicted molar refractivity (Wildman–Crippen MR) is 117 cm³/mol. The summed E-state index contributed by atoms with van der Waals surface area (Å²) in [4.78, 5) is 29.6. The Kier molecular flexibility index (Phi) is 6.95. The van der Waals surface area contributed by atoms with Crippen molar-refractivity contribution in [3.05, 3.63) is 66.2 Å². The molecule has 3 aromatic rings. The molecule has 1 aromatic carbocycles. The van der Waals surface area contributed by atoms with Gasteiger partial charge >= 0.3 is 0 Å². The van der Waals surface area contributed by atoms with Gasteiger partial charge in [0.2, 0.25) is 11.9 Å². The van der Waals surface area contributed by atoms with E-state index in [1.165, 1.54) is 0 Å². The number of nitrogens with zero attached hydrogens (tertiary/aromatic N) is 5. The fourth-order valence-electron chi connectivity index (χ4n) is 3.01. The molecule has 156 valence electrons. The van der Waals surface area contributed by atoms with E-state index in [2.05, 4.69) is 9.97 Å². The third-order valence-electron chi connectivity index (χ3n) is 4.65. The average molecular weight is 406 g/mol. The lowest BCUT2D eigenvalue weighted by Crippen LogP contribution is -2.28. The standard InChI is InChI=1S/C23H27N5O2/c1-5-30-19-8-6-17(7-9-19)14-22(29)28(4)16-21-20(18-10-12-24-13-11-18)15-25-23(26-21)27(2)3/h6-13,15H,5,14,16H2,1-4H3. The van der Waals surface area contributed by atoms with Crippen LogP contribution in [0.4, 0.5) is 5.95 Å². The van der Waals surface area contributed by atoms with Gasteiger partial charge in [0.1, 0.15) is 5.75 Å². The molecule has 7 heteroatoms. The maximum atomic E-state index is 12.8. The van der Waals surface area contributed by atoms with Gasteiger partial charge in [-0.15, -0.1) is 0 Å². The smallest absolute Gasteiger partial charge is 0.227 e. The third-order valence-corrected chi connectivity index (χ3v) is 4.65. The van der Waals surface area contributed by atoms with E-state index in [4.69, 9.17) is 9.72 Å². The number of benzene rings is 1. The van der Waals surface area contributed by atoms with Crippen LogP contribution in [-0.4, -0.2) is 53.5 Å². The topological polar surface area (TPSA) is 71.5 Å². The molecule has 0 spiro atoms. The van der Waals surface area contributed by atoms with Crippen LogP contribution in [0, 0.1) is 0 Å². The molecule has 1 amide bonds. The van der Waals surface area contributed by atoms with Crippen molar-refractivity contribution in [3.8, 4) is 16.9 Å². The summed E-state index contributed by atoms with van der Waals surface area (Å²) in [5, 5.41) is 0. The molecule has 0 aliphatic heterocycles. The van der Waals surface area contributed by atoms with Gasteiger partial charge in [0, 0.05) is 45.3 Å². The molecule has 0 radical (unpaired) electrons. The predicted octanol–water partition coefficient (Wildman–Crippen LogP) is 3.20. The molecule has 0 aliphatic carbocycles. The minimum Gasteiger partial charge on any atom is -0.494 e. The lowest BCUT2D eigenvalue weighted by Gasteiger charge is -2.20. The van der Waals surface area contributed by atoms with E-state index in [0.29, 0.717) is 25.5 Å².